The minimum atomic E-state index is -0.990. The highest BCUT2D eigenvalue weighted by atomic mass is 16.7. The number of carbonyl (C=O) groups is 2. The van der Waals surface area contributed by atoms with E-state index >= 15 is 0 Å². The van der Waals surface area contributed by atoms with Crippen LogP contribution in [0.15, 0.2) is 0 Å². The Morgan fingerprint density at radius 3 is 2.75 bits per heavy atom. The van der Waals surface area contributed by atoms with Gasteiger partial charge < -0.3 is 14.2 Å². The first kappa shape index (κ1) is 8.99. The summed E-state index contributed by atoms with van der Waals surface area (Å²) >= 11 is 0. The smallest absolute Gasteiger partial charge is 0.437 e. The van der Waals surface area contributed by atoms with Crippen LogP contribution < -0.4 is 0 Å². The minimum Gasteiger partial charge on any atom is -0.437 e. The van der Waals surface area contributed by atoms with E-state index in [0.29, 0.717) is 13.0 Å². The van der Waals surface area contributed by atoms with Crippen LogP contribution in [0, 0.1) is 0 Å². The molecule has 0 bridgehead atoms. The molecule has 0 saturated carbocycles. The zero-order valence-electron chi connectivity index (χ0n) is 6.74. The lowest BCUT2D eigenvalue weighted by Crippen LogP contribution is -2.25. The highest BCUT2D eigenvalue weighted by molar-refractivity contribution is 5.84. The monoisotopic (exact) mass is 174 g/mol. The summed E-state index contributed by atoms with van der Waals surface area (Å²) in [7, 11) is 1.14. The molecule has 1 atom stereocenters. The number of hydrogen-bond donors (Lipinski definition) is 0. The summed E-state index contributed by atoms with van der Waals surface area (Å²) in [6.45, 7) is 0.543. The normalized spacial score (nSPS) is 21.9. The third-order valence-electron chi connectivity index (χ3n) is 1.54. The van der Waals surface area contributed by atoms with Gasteiger partial charge in [0.1, 0.15) is 0 Å². The molecule has 1 aliphatic rings. The second-order valence-corrected chi connectivity index (χ2v) is 2.38. The quantitative estimate of drug-likeness (QED) is 0.427. The van der Waals surface area contributed by atoms with Gasteiger partial charge in [-0.05, 0) is 12.8 Å². The maximum atomic E-state index is 11.0. The number of ether oxygens (including phenoxy) is 3. The fraction of sp³-hybridized carbons (Fsp3) is 0.714. The Hall–Kier alpha value is -1.10. The van der Waals surface area contributed by atoms with Crippen LogP contribution in [0.1, 0.15) is 12.8 Å². The lowest BCUT2D eigenvalue weighted by molar-refractivity contribution is -0.149. The van der Waals surface area contributed by atoms with Gasteiger partial charge >= 0.3 is 12.1 Å². The largest absolute Gasteiger partial charge is 0.515 e. The third-order valence-corrected chi connectivity index (χ3v) is 1.54. The van der Waals surface area contributed by atoms with Crippen molar-refractivity contribution >= 4 is 12.1 Å². The zero-order chi connectivity index (χ0) is 8.97. The number of rotatable bonds is 1. The molecule has 0 spiro atoms. The van der Waals surface area contributed by atoms with Gasteiger partial charge in [0, 0.05) is 6.61 Å². The lowest BCUT2D eigenvalue weighted by Gasteiger charge is -2.06. The van der Waals surface area contributed by atoms with Gasteiger partial charge in [0.15, 0.2) is 6.10 Å². The number of methoxy groups -OCH3 is 1. The highest BCUT2D eigenvalue weighted by Crippen LogP contribution is 2.13. The topological polar surface area (TPSA) is 61.8 Å². The van der Waals surface area contributed by atoms with Crippen molar-refractivity contribution in [3.05, 3.63) is 0 Å². The van der Waals surface area contributed by atoms with Crippen molar-refractivity contribution in [3.63, 3.8) is 0 Å². The van der Waals surface area contributed by atoms with Crippen LogP contribution in [0.2, 0.25) is 0 Å². The minimum absolute atomic E-state index is 0.543. The molecule has 5 heteroatoms. The Morgan fingerprint density at radius 1 is 1.50 bits per heavy atom. The van der Waals surface area contributed by atoms with Crippen molar-refractivity contribution < 1.29 is 23.8 Å². The Bertz CT molecular complexity index is 182. The Labute approximate surface area is 69.6 Å². The third kappa shape index (κ3) is 2.20. The van der Waals surface area contributed by atoms with E-state index in [-0.39, 0.29) is 0 Å². The van der Waals surface area contributed by atoms with Crippen molar-refractivity contribution in [3.8, 4) is 0 Å². The van der Waals surface area contributed by atoms with Crippen LogP contribution in [0.5, 0.6) is 0 Å². The standard InChI is InChI=1S/C7H10O5/c1-10-7(9)12-6(8)5-3-2-4-11-5/h5H,2-4H2,1H3. The maximum Gasteiger partial charge on any atom is 0.515 e. The van der Waals surface area contributed by atoms with Crippen LogP contribution in [0.3, 0.4) is 0 Å². The van der Waals surface area contributed by atoms with Crippen molar-refractivity contribution in [1.82, 2.24) is 0 Å². The van der Waals surface area contributed by atoms with E-state index in [2.05, 4.69) is 9.47 Å². The van der Waals surface area contributed by atoms with Crippen LogP contribution in [-0.2, 0) is 19.0 Å². The molecular weight excluding hydrogens is 164 g/mol. The van der Waals surface area contributed by atoms with Gasteiger partial charge in [-0.2, -0.15) is 0 Å². The van der Waals surface area contributed by atoms with E-state index in [4.69, 9.17) is 4.74 Å². The molecule has 0 aromatic rings. The zero-order valence-corrected chi connectivity index (χ0v) is 6.74. The van der Waals surface area contributed by atoms with Crippen molar-refractivity contribution in [2.45, 2.75) is 18.9 Å². The van der Waals surface area contributed by atoms with Crippen molar-refractivity contribution in [1.29, 1.82) is 0 Å². The van der Waals surface area contributed by atoms with E-state index in [9.17, 15) is 9.59 Å². The Balaban J connectivity index is 2.32. The molecular formula is C7H10O5. The van der Waals surface area contributed by atoms with Gasteiger partial charge in [-0.3, -0.25) is 0 Å². The summed E-state index contributed by atoms with van der Waals surface area (Å²) in [5.41, 5.74) is 0. The summed E-state index contributed by atoms with van der Waals surface area (Å²) in [5, 5.41) is 0. The van der Waals surface area contributed by atoms with Gasteiger partial charge in [0.25, 0.3) is 0 Å². The van der Waals surface area contributed by atoms with Gasteiger partial charge in [-0.25, -0.2) is 9.59 Å². The summed E-state index contributed by atoms with van der Waals surface area (Å²) in [4.78, 5) is 21.4. The summed E-state index contributed by atoms with van der Waals surface area (Å²) in [6.07, 6.45) is -0.156. The molecule has 0 amide bonds. The summed E-state index contributed by atoms with van der Waals surface area (Å²) in [6, 6.07) is 0. The highest BCUT2D eigenvalue weighted by Gasteiger charge is 2.27. The molecule has 0 radical (unpaired) electrons. The average molecular weight is 174 g/mol. The fourth-order valence-electron chi connectivity index (χ4n) is 0.953. The van der Waals surface area contributed by atoms with Crippen LogP contribution in [0.25, 0.3) is 0 Å². The van der Waals surface area contributed by atoms with E-state index in [1.165, 1.54) is 0 Å². The van der Waals surface area contributed by atoms with Gasteiger partial charge in [-0.1, -0.05) is 0 Å². The van der Waals surface area contributed by atoms with E-state index < -0.39 is 18.2 Å². The van der Waals surface area contributed by atoms with E-state index in [0.717, 1.165) is 13.5 Å². The maximum absolute atomic E-state index is 11.0. The predicted molar refractivity (Wildman–Crippen MR) is 37.5 cm³/mol. The predicted octanol–water partition coefficient (Wildman–Crippen LogP) is 0.475. The molecule has 1 unspecified atom stereocenters. The average Bonchev–Trinajstić information content (AvgIpc) is 2.56. The number of esters is 1. The Morgan fingerprint density at radius 2 is 2.25 bits per heavy atom. The first-order chi connectivity index (χ1) is 5.74. The van der Waals surface area contributed by atoms with Gasteiger partial charge in [0.05, 0.1) is 7.11 Å². The molecule has 0 aromatic heterocycles. The molecule has 0 aromatic carbocycles. The molecule has 1 heterocycles. The molecule has 0 N–H and O–H groups in total. The van der Waals surface area contributed by atoms with Gasteiger partial charge in [-0.15, -0.1) is 0 Å². The molecule has 5 nitrogen and oxygen atoms in total. The fourth-order valence-corrected chi connectivity index (χ4v) is 0.953. The van der Waals surface area contributed by atoms with Crippen LogP contribution >= 0.6 is 0 Å². The van der Waals surface area contributed by atoms with E-state index in [1.54, 1.807) is 0 Å². The number of hydrogen-bond acceptors (Lipinski definition) is 5. The first-order valence-electron chi connectivity index (χ1n) is 3.65. The lowest BCUT2D eigenvalue weighted by atomic mass is 10.2. The molecule has 1 rings (SSSR count). The van der Waals surface area contributed by atoms with E-state index in [1.807, 2.05) is 0 Å². The van der Waals surface area contributed by atoms with Gasteiger partial charge in [0.2, 0.25) is 0 Å². The SMILES string of the molecule is COC(=O)OC(=O)C1CCCO1. The molecule has 68 valence electrons. The van der Waals surface area contributed by atoms with Crippen molar-refractivity contribution in [2.75, 3.05) is 13.7 Å². The molecule has 1 saturated heterocycles. The molecule has 12 heavy (non-hydrogen) atoms. The second-order valence-electron chi connectivity index (χ2n) is 2.38. The second kappa shape index (κ2) is 4.06. The van der Waals surface area contributed by atoms with Crippen LogP contribution in [-0.4, -0.2) is 31.9 Å². The first-order valence-corrected chi connectivity index (χ1v) is 3.65. The molecule has 1 fully saturated rings. The van der Waals surface area contributed by atoms with Crippen LogP contribution in [0.4, 0.5) is 4.79 Å². The molecule has 1 aliphatic heterocycles. The Kier molecular flexibility index (Phi) is 3.04. The van der Waals surface area contributed by atoms with Crippen molar-refractivity contribution in [2.24, 2.45) is 0 Å². The number of carbonyl (C=O) groups excluding carboxylic acids is 2. The summed E-state index contributed by atoms with van der Waals surface area (Å²) < 4.78 is 13.4. The molecule has 0 aliphatic carbocycles. The summed E-state index contributed by atoms with van der Waals surface area (Å²) in [5.74, 6) is -0.667.